The average molecular weight is 417 g/mol. The van der Waals surface area contributed by atoms with Crippen LogP contribution in [0.4, 0.5) is 0 Å². The highest BCUT2D eigenvalue weighted by atomic mass is 16.5. The predicted octanol–water partition coefficient (Wildman–Crippen LogP) is 4.77. The second kappa shape index (κ2) is 12.1. The van der Waals surface area contributed by atoms with Crippen molar-refractivity contribution in [1.29, 1.82) is 0 Å². The Labute approximate surface area is 179 Å². The molecular formula is C24H32O6. The summed E-state index contributed by atoms with van der Waals surface area (Å²) in [6.07, 6.45) is 4.80. The van der Waals surface area contributed by atoms with E-state index in [9.17, 15) is 0 Å². The maximum absolute atomic E-state index is 5.85. The van der Waals surface area contributed by atoms with Gasteiger partial charge in [0.05, 0.1) is 41.2 Å². The van der Waals surface area contributed by atoms with Crippen LogP contribution in [0.1, 0.15) is 23.7 Å². The first-order chi connectivity index (χ1) is 14.6. The fourth-order valence-electron chi connectivity index (χ4n) is 3.46. The third-order valence-electron chi connectivity index (χ3n) is 4.96. The van der Waals surface area contributed by atoms with Crippen LogP contribution in [0.15, 0.2) is 42.5 Å². The van der Waals surface area contributed by atoms with Gasteiger partial charge in [-0.15, -0.1) is 0 Å². The molecule has 0 heterocycles. The number of allylic oxidation sites excluding steroid dienone is 1. The zero-order valence-electron chi connectivity index (χ0n) is 18.6. The van der Waals surface area contributed by atoms with E-state index in [0.29, 0.717) is 29.6 Å². The number of rotatable bonds is 12. The van der Waals surface area contributed by atoms with E-state index in [1.807, 2.05) is 36.4 Å². The fraction of sp³-hybridized carbons (Fsp3) is 0.417. The molecule has 164 valence electrons. The van der Waals surface area contributed by atoms with Crippen molar-refractivity contribution in [3.63, 3.8) is 0 Å². The Hall–Kier alpha value is -2.70. The van der Waals surface area contributed by atoms with E-state index in [1.165, 1.54) is 0 Å². The molecule has 0 aliphatic heterocycles. The van der Waals surface area contributed by atoms with Gasteiger partial charge in [-0.1, -0.05) is 24.3 Å². The van der Waals surface area contributed by atoms with Crippen LogP contribution in [0.5, 0.6) is 23.0 Å². The van der Waals surface area contributed by atoms with Crippen LogP contribution in [-0.4, -0.2) is 49.3 Å². The van der Waals surface area contributed by atoms with Crippen molar-refractivity contribution >= 4 is 6.08 Å². The van der Waals surface area contributed by atoms with Crippen LogP contribution in [0.2, 0.25) is 0 Å². The monoisotopic (exact) mass is 416 g/mol. The third-order valence-corrected chi connectivity index (χ3v) is 4.96. The minimum atomic E-state index is -0.153. The standard InChI is InChI=1S/C24H32O6/c1-25-16-19(9-7-8-17-10-12-20(26-2)22(14-17)28-4)24(30-6)18-11-13-21(27-3)23(15-18)29-5/h7-8,10-15,19,24H,9,16H2,1-6H3/b8-7+/t19-,24+/m1/s1. The lowest BCUT2D eigenvalue weighted by Crippen LogP contribution is -2.19. The zero-order chi connectivity index (χ0) is 21.9. The normalized spacial score (nSPS) is 13.1. The second-order valence-electron chi connectivity index (χ2n) is 6.74. The molecule has 0 unspecified atom stereocenters. The van der Waals surface area contributed by atoms with Gasteiger partial charge in [0, 0.05) is 20.1 Å². The van der Waals surface area contributed by atoms with Gasteiger partial charge >= 0.3 is 0 Å². The molecule has 0 saturated carbocycles. The fourth-order valence-corrected chi connectivity index (χ4v) is 3.46. The van der Waals surface area contributed by atoms with Crippen LogP contribution in [-0.2, 0) is 9.47 Å². The molecule has 0 aromatic heterocycles. The number of hydrogen-bond acceptors (Lipinski definition) is 6. The molecule has 2 atom stereocenters. The molecule has 6 nitrogen and oxygen atoms in total. The lowest BCUT2D eigenvalue weighted by molar-refractivity contribution is 0.0141. The molecule has 2 rings (SSSR count). The number of hydrogen-bond donors (Lipinski definition) is 0. The lowest BCUT2D eigenvalue weighted by Gasteiger charge is -2.25. The Morgan fingerprint density at radius 2 is 1.33 bits per heavy atom. The summed E-state index contributed by atoms with van der Waals surface area (Å²) in [4.78, 5) is 0. The summed E-state index contributed by atoms with van der Waals surface area (Å²) in [6.45, 7) is 0.559. The second-order valence-corrected chi connectivity index (χ2v) is 6.74. The number of ether oxygens (including phenoxy) is 6. The van der Waals surface area contributed by atoms with Gasteiger partial charge in [0.2, 0.25) is 0 Å². The largest absolute Gasteiger partial charge is 0.493 e. The molecule has 0 aliphatic rings. The molecule has 0 radical (unpaired) electrons. The van der Waals surface area contributed by atoms with Gasteiger partial charge in [0.15, 0.2) is 23.0 Å². The topological polar surface area (TPSA) is 55.4 Å². The molecule has 0 fully saturated rings. The van der Waals surface area contributed by atoms with Crippen molar-refractivity contribution in [3.8, 4) is 23.0 Å². The van der Waals surface area contributed by atoms with Gasteiger partial charge in [-0.05, 0) is 41.8 Å². The number of methoxy groups -OCH3 is 6. The summed E-state index contributed by atoms with van der Waals surface area (Å²) < 4.78 is 32.8. The third kappa shape index (κ3) is 5.90. The molecule has 0 saturated heterocycles. The first-order valence-corrected chi connectivity index (χ1v) is 9.74. The van der Waals surface area contributed by atoms with E-state index < -0.39 is 0 Å². The van der Waals surface area contributed by atoms with Gasteiger partial charge in [-0.3, -0.25) is 0 Å². The smallest absolute Gasteiger partial charge is 0.161 e. The van der Waals surface area contributed by atoms with Crippen molar-refractivity contribution < 1.29 is 28.4 Å². The van der Waals surface area contributed by atoms with Crippen LogP contribution < -0.4 is 18.9 Å². The van der Waals surface area contributed by atoms with E-state index in [1.54, 1.807) is 42.7 Å². The summed E-state index contributed by atoms with van der Waals surface area (Å²) in [7, 11) is 9.92. The Bertz CT molecular complexity index is 817. The first-order valence-electron chi connectivity index (χ1n) is 9.74. The highest BCUT2D eigenvalue weighted by Crippen LogP contribution is 2.35. The molecule has 0 amide bonds. The Morgan fingerprint density at radius 1 is 0.733 bits per heavy atom. The van der Waals surface area contributed by atoms with E-state index in [4.69, 9.17) is 28.4 Å². The summed E-state index contributed by atoms with van der Waals surface area (Å²) >= 11 is 0. The van der Waals surface area contributed by atoms with Gasteiger partial charge < -0.3 is 28.4 Å². The molecule has 0 spiro atoms. The van der Waals surface area contributed by atoms with Crippen LogP contribution in [0.25, 0.3) is 6.08 Å². The lowest BCUT2D eigenvalue weighted by atomic mass is 9.92. The van der Waals surface area contributed by atoms with E-state index in [-0.39, 0.29) is 12.0 Å². The summed E-state index contributed by atoms with van der Waals surface area (Å²) in [5.41, 5.74) is 2.04. The van der Waals surface area contributed by atoms with Gasteiger partial charge in [-0.25, -0.2) is 0 Å². The summed E-state index contributed by atoms with van der Waals surface area (Å²) in [6, 6.07) is 11.7. The van der Waals surface area contributed by atoms with Gasteiger partial charge in [-0.2, -0.15) is 0 Å². The average Bonchev–Trinajstić information content (AvgIpc) is 2.79. The molecule has 0 N–H and O–H groups in total. The van der Waals surface area contributed by atoms with Crippen LogP contribution in [0.3, 0.4) is 0 Å². The van der Waals surface area contributed by atoms with Crippen molar-refractivity contribution in [2.75, 3.05) is 49.3 Å². The Balaban J connectivity index is 2.20. The van der Waals surface area contributed by atoms with Crippen molar-refractivity contribution in [2.45, 2.75) is 12.5 Å². The van der Waals surface area contributed by atoms with Crippen LogP contribution in [0, 0.1) is 5.92 Å². The minimum Gasteiger partial charge on any atom is -0.493 e. The van der Waals surface area contributed by atoms with E-state index in [2.05, 4.69) is 12.2 Å². The summed E-state index contributed by atoms with van der Waals surface area (Å²) in [5.74, 6) is 2.89. The molecule has 0 bridgehead atoms. The van der Waals surface area contributed by atoms with Crippen molar-refractivity contribution in [2.24, 2.45) is 5.92 Å². The minimum absolute atomic E-state index is 0.120. The highest BCUT2D eigenvalue weighted by Gasteiger charge is 2.23. The molecule has 2 aromatic carbocycles. The van der Waals surface area contributed by atoms with Crippen molar-refractivity contribution in [3.05, 3.63) is 53.6 Å². The summed E-state index contributed by atoms with van der Waals surface area (Å²) in [5, 5.41) is 0. The molecular weight excluding hydrogens is 384 g/mol. The first kappa shape index (κ1) is 23.6. The maximum Gasteiger partial charge on any atom is 0.161 e. The predicted molar refractivity (Wildman–Crippen MR) is 118 cm³/mol. The zero-order valence-corrected chi connectivity index (χ0v) is 18.6. The molecule has 2 aromatic rings. The quantitative estimate of drug-likeness (QED) is 0.497. The Kier molecular flexibility index (Phi) is 9.51. The van der Waals surface area contributed by atoms with Gasteiger partial charge in [0.1, 0.15) is 0 Å². The number of benzene rings is 2. The SMILES string of the molecule is COC[C@@H](C/C=C/c1ccc(OC)c(OC)c1)[C@@H](OC)c1ccc(OC)c(OC)c1. The molecule has 6 heteroatoms. The van der Waals surface area contributed by atoms with Gasteiger partial charge in [0.25, 0.3) is 0 Å². The molecule has 30 heavy (non-hydrogen) atoms. The molecule has 0 aliphatic carbocycles. The van der Waals surface area contributed by atoms with E-state index >= 15 is 0 Å². The van der Waals surface area contributed by atoms with E-state index in [0.717, 1.165) is 17.5 Å². The van der Waals surface area contributed by atoms with Crippen molar-refractivity contribution in [1.82, 2.24) is 0 Å². The maximum atomic E-state index is 5.85. The Morgan fingerprint density at radius 3 is 1.90 bits per heavy atom. The highest BCUT2D eigenvalue weighted by molar-refractivity contribution is 5.56. The van der Waals surface area contributed by atoms with Crippen LogP contribution >= 0.6 is 0 Å².